The summed E-state index contributed by atoms with van der Waals surface area (Å²) in [6, 6.07) is 0. The van der Waals surface area contributed by atoms with E-state index >= 15 is 0 Å². The molecule has 0 spiro atoms. The van der Waals surface area contributed by atoms with E-state index in [4.69, 9.17) is 9.47 Å². The van der Waals surface area contributed by atoms with Crippen molar-refractivity contribution in [1.29, 1.82) is 0 Å². The van der Waals surface area contributed by atoms with E-state index in [2.05, 4.69) is 6.08 Å². The van der Waals surface area contributed by atoms with Crippen molar-refractivity contribution >= 4 is 11.9 Å². The molecule has 19 heavy (non-hydrogen) atoms. The van der Waals surface area contributed by atoms with Crippen LogP contribution in [0.3, 0.4) is 0 Å². The highest BCUT2D eigenvalue weighted by molar-refractivity contribution is 6.00. The molecule has 0 saturated carbocycles. The van der Waals surface area contributed by atoms with E-state index < -0.39 is 17.4 Å². The van der Waals surface area contributed by atoms with Crippen molar-refractivity contribution in [3.63, 3.8) is 0 Å². The Hall–Kier alpha value is -1.84. The highest BCUT2D eigenvalue weighted by atomic mass is 16.5. The molecule has 0 aromatic rings. The standard InChI is InChI=1S/C15H18O4/c1-18-13(16)15(14(17)19-2)9-5-7-11-6-3-4-8-12(15)10-11/h3-4,6-8,12H,5,9-10H2,1-2H3. The van der Waals surface area contributed by atoms with Crippen molar-refractivity contribution in [3.8, 4) is 0 Å². The zero-order valence-electron chi connectivity index (χ0n) is 11.2. The van der Waals surface area contributed by atoms with Gasteiger partial charge in [-0.2, -0.15) is 0 Å². The first kappa shape index (κ1) is 13.6. The van der Waals surface area contributed by atoms with Gasteiger partial charge in [0.1, 0.15) is 0 Å². The van der Waals surface area contributed by atoms with Gasteiger partial charge in [0.2, 0.25) is 0 Å². The molecule has 4 heteroatoms. The maximum absolute atomic E-state index is 12.3. The summed E-state index contributed by atoms with van der Waals surface area (Å²) in [5.74, 6) is -1.24. The van der Waals surface area contributed by atoms with Gasteiger partial charge in [-0.15, -0.1) is 0 Å². The van der Waals surface area contributed by atoms with Crippen LogP contribution in [0.4, 0.5) is 0 Å². The monoisotopic (exact) mass is 262 g/mol. The predicted octanol–water partition coefficient (Wildman–Crippen LogP) is 2.17. The fourth-order valence-electron chi connectivity index (χ4n) is 2.88. The van der Waals surface area contributed by atoms with Gasteiger partial charge < -0.3 is 9.47 Å². The van der Waals surface area contributed by atoms with Crippen molar-refractivity contribution in [2.24, 2.45) is 11.3 Å². The lowest BCUT2D eigenvalue weighted by Gasteiger charge is -2.32. The zero-order valence-corrected chi connectivity index (χ0v) is 11.2. The van der Waals surface area contributed by atoms with E-state index in [0.717, 1.165) is 5.57 Å². The molecular weight excluding hydrogens is 244 g/mol. The summed E-state index contributed by atoms with van der Waals surface area (Å²) in [7, 11) is 2.62. The SMILES string of the molecule is COC(=O)C1(C(=O)OC)CCC=C2C=CC=CC1C2. The Morgan fingerprint density at radius 3 is 2.53 bits per heavy atom. The summed E-state index contributed by atoms with van der Waals surface area (Å²) in [5.41, 5.74) is -0.0887. The van der Waals surface area contributed by atoms with Gasteiger partial charge in [-0.25, -0.2) is 0 Å². The molecule has 102 valence electrons. The summed E-state index contributed by atoms with van der Waals surface area (Å²) in [5, 5.41) is 0. The number of fused-ring (bicyclic) bond motifs is 2. The van der Waals surface area contributed by atoms with Crippen LogP contribution in [0.25, 0.3) is 0 Å². The molecule has 0 amide bonds. The molecule has 0 saturated heterocycles. The number of ether oxygens (including phenoxy) is 2. The van der Waals surface area contributed by atoms with Crippen molar-refractivity contribution in [2.75, 3.05) is 14.2 Å². The number of esters is 2. The maximum atomic E-state index is 12.3. The Morgan fingerprint density at radius 1 is 1.21 bits per heavy atom. The normalized spacial score (nSPS) is 23.9. The lowest BCUT2D eigenvalue weighted by Crippen LogP contribution is -2.46. The summed E-state index contributed by atoms with van der Waals surface area (Å²) < 4.78 is 9.77. The van der Waals surface area contributed by atoms with E-state index in [1.807, 2.05) is 24.3 Å². The number of hydrogen-bond donors (Lipinski definition) is 0. The topological polar surface area (TPSA) is 52.6 Å². The minimum Gasteiger partial charge on any atom is -0.468 e. The molecule has 2 rings (SSSR count). The van der Waals surface area contributed by atoms with Crippen molar-refractivity contribution in [1.82, 2.24) is 0 Å². The number of hydrogen-bond acceptors (Lipinski definition) is 4. The van der Waals surface area contributed by atoms with E-state index in [1.54, 1.807) is 0 Å². The molecule has 2 aliphatic rings. The third kappa shape index (κ3) is 2.23. The van der Waals surface area contributed by atoms with E-state index in [1.165, 1.54) is 14.2 Å². The summed E-state index contributed by atoms with van der Waals surface area (Å²) in [6.45, 7) is 0. The van der Waals surface area contributed by atoms with E-state index in [0.29, 0.717) is 19.3 Å². The minimum atomic E-state index is -1.23. The van der Waals surface area contributed by atoms with Gasteiger partial charge in [-0.3, -0.25) is 9.59 Å². The second-order valence-electron chi connectivity index (χ2n) is 4.83. The predicted molar refractivity (Wildman–Crippen MR) is 70.2 cm³/mol. The molecule has 2 aliphatic carbocycles. The van der Waals surface area contributed by atoms with Crippen LogP contribution < -0.4 is 0 Å². The van der Waals surface area contributed by atoms with Crippen molar-refractivity contribution in [3.05, 3.63) is 36.0 Å². The van der Waals surface area contributed by atoms with Crippen LogP contribution in [-0.4, -0.2) is 26.2 Å². The van der Waals surface area contributed by atoms with Crippen molar-refractivity contribution < 1.29 is 19.1 Å². The summed E-state index contributed by atoms with van der Waals surface area (Å²) in [6.07, 6.45) is 11.5. The van der Waals surface area contributed by atoms with Gasteiger partial charge in [0.05, 0.1) is 14.2 Å². The molecule has 0 N–H and O–H groups in total. The largest absolute Gasteiger partial charge is 0.468 e. The Balaban J connectivity index is 2.48. The van der Waals surface area contributed by atoms with Crippen LogP contribution in [0.5, 0.6) is 0 Å². The average Bonchev–Trinajstić information content (AvgIpc) is 2.78. The molecule has 2 bridgehead atoms. The smallest absolute Gasteiger partial charge is 0.323 e. The lowest BCUT2D eigenvalue weighted by molar-refractivity contribution is -0.173. The first-order chi connectivity index (χ1) is 9.15. The van der Waals surface area contributed by atoms with Gasteiger partial charge in [-0.05, 0) is 19.3 Å². The second-order valence-corrected chi connectivity index (χ2v) is 4.83. The number of rotatable bonds is 2. The van der Waals surface area contributed by atoms with Crippen molar-refractivity contribution in [2.45, 2.75) is 19.3 Å². The van der Waals surface area contributed by atoms with Gasteiger partial charge in [0.15, 0.2) is 5.41 Å². The van der Waals surface area contributed by atoms with Crippen LogP contribution in [-0.2, 0) is 19.1 Å². The van der Waals surface area contributed by atoms with Gasteiger partial charge in [0.25, 0.3) is 0 Å². The third-order valence-electron chi connectivity index (χ3n) is 3.90. The van der Waals surface area contributed by atoms with Crippen LogP contribution in [0.2, 0.25) is 0 Å². The van der Waals surface area contributed by atoms with Gasteiger partial charge in [0, 0.05) is 5.92 Å². The molecule has 1 unspecified atom stereocenters. The number of methoxy groups -OCH3 is 2. The van der Waals surface area contributed by atoms with Gasteiger partial charge in [-0.1, -0.05) is 36.0 Å². The number of allylic oxidation sites excluding steroid dienone is 6. The fraction of sp³-hybridized carbons (Fsp3) is 0.467. The fourth-order valence-corrected chi connectivity index (χ4v) is 2.88. The number of carbonyl (C=O) groups is 2. The maximum Gasteiger partial charge on any atom is 0.323 e. The Bertz CT molecular complexity index is 455. The molecule has 4 nitrogen and oxygen atoms in total. The quantitative estimate of drug-likeness (QED) is 0.565. The van der Waals surface area contributed by atoms with Gasteiger partial charge >= 0.3 is 11.9 Å². The third-order valence-corrected chi connectivity index (χ3v) is 3.90. The van der Waals surface area contributed by atoms with E-state index in [9.17, 15) is 9.59 Å². The second kappa shape index (κ2) is 5.43. The summed E-state index contributed by atoms with van der Waals surface area (Å²) >= 11 is 0. The Kier molecular flexibility index (Phi) is 3.88. The Labute approximate surface area is 112 Å². The Morgan fingerprint density at radius 2 is 1.89 bits per heavy atom. The molecular formula is C15H18O4. The van der Waals surface area contributed by atoms with Crippen LogP contribution >= 0.6 is 0 Å². The van der Waals surface area contributed by atoms with Crippen LogP contribution in [0, 0.1) is 11.3 Å². The van der Waals surface area contributed by atoms with E-state index in [-0.39, 0.29) is 5.92 Å². The molecule has 1 atom stereocenters. The molecule has 0 aromatic carbocycles. The highest BCUT2D eigenvalue weighted by Gasteiger charge is 2.53. The molecule has 0 aromatic heterocycles. The molecule has 0 fully saturated rings. The average molecular weight is 262 g/mol. The summed E-state index contributed by atoms with van der Waals surface area (Å²) in [4.78, 5) is 24.5. The lowest BCUT2D eigenvalue weighted by atomic mass is 9.71. The van der Waals surface area contributed by atoms with Crippen LogP contribution in [0.15, 0.2) is 36.0 Å². The minimum absolute atomic E-state index is 0.226. The molecule has 0 heterocycles. The molecule has 0 radical (unpaired) electrons. The molecule has 0 aliphatic heterocycles. The van der Waals surface area contributed by atoms with Crippen LogP contribution in [0.1, 0.15) is 19.3 Å². The first-order valence-electron chi connectivity index (χ1n) is 6.36. The highest BCUT2D eigenvalue weighted by Crippen LogP contribution is 2.43. The zero-order chi connectivity index (χ0) is 13.9. The first-order valence-corrected chi connectivity index (χ1v) is 6.36. The number of carbonyl (C=O) groups excluding carboxylic acids is 2.